The molecule has 0 unspecified atom stereocenters. The molecule has 80 valence electrons. The third-order valence-electron chi connectivity index (χ3n) is 1.62. The van der Waals surface area contributed by atoms with Gasteiger partial charge in [0.05, 0.1) is 6.54 Å². The van der Waals surface area contributed by atoms with Crippen molar-refractivity contribution < 1.29 is 14.2 Å². The number of hydrogen-bond donors (Lipinski definition) is 0. The molecule has 0 aromatic rings. The van der Waals surface area contributed by atoms with E-state index in [0.29, 0.717) is 13.3 Å². The van der Waals surface area contributed by atoms with E-state index in [-0.39, 0.29) is 6.79 Å². The van der Waals surface area contributed by atoms with E-state index in [1.54, 1.807) is 14.2 Å². The van der Waals surface area contributed by atoms with Crippen molar-refractivity contribution in [1.82, 2.24) is 4.90 Å². The van der Waals surface area contributed by atoms with E-state index >= 15 is 0 Å². The first-order valence-electron chi connectivity index (χ1n) is 4.19. The molecule has 0 bridgehead atoms. The van der Waals surface area contributed by atoms with E-state index in [9.17, 15) is 0 Å². The molecule has 0 saturated carbocycles. The molecule has 1 aliphatic heterocycles. The lowest BCUT2D eigenvalue weighted by molar-refractivity contribution is -0.00560. The predicted molar refractivity (Wildman–Crippen MR) is 56.6 cm³/mol. The quantitative estimate of drug-likeness (QED) is 0.706. The molecule has 1 heterocycles. The second-order valence-corrected chi connectivity index (χ2v) is 3.76. The molecule has 5 heteroatoms. The Morgan fingerprint density at radius 3 is 2.86 bits per heavy atom. The Bertz CT molecular complexity index is 240. The summed E-state index contributed by atoms with van der Waals surface area (Å²) in [6.07, 6.45) is 3.88. The van der Waals surface area contributed by atoms with Crippen LogP contribution in [0.4, 0.5) is 0 Å². The third-order valence-corrected chi connectivity index (χ3v) is 2.05. The van der Waals surface area contributed by atoms with Gasteiger partial charge in [0.1, 0.15) is 12.5 Å². The van der Waals surface area contributed by atoms with Gasteiger partial charge in [-0.15, -0.1) is 0 Å². The maximum atomic E-state index is 5.35. The molecular formula is C9H14BrNO3. The second-order valence-electron chi connectivity index (χ2n) is 2.84. The van der Waals surface area contributed by atoms with Crippen molar-refractivity contribution in [2.24, 2.45) is 0 Å². The smallest absolute Gasteiger partial charge is 0.188 e. The summed E-state index contributed by atoms with van der Waals surface area (Å²) in [6, 6.07) is 0. The highest BCUT2D eigenvalue weighted by Gasteiger charge is 2.11. The monoisotopic (exact) mass is 263 g/mol. The fourth-order valence-electron chi connectivity index (χ4n) is 1.13. The largest absolute Gasteiger partial charge is 0.470 e. The van der Waals surface area contributed by atoms with Gasteiger partial charge >= 0.3 is 0 Å². The van der Waals surface area contributed by atoms with Gasteiger partial charge in [-0.25, -0.2) is 0 Å². The second kappa shape index (κ2) is 6.06. The highest BCUT2D eigenvalue weighted by molar-refractivity contribution is 9.11. The number of rotatable bonds is 5. The Labute approximate surface area is 92.2 Å². The number of halogens is 1. The molecule has 0 radical (unpaired) electrons. The minimum Gasteiger partial charge on any atom is -0.470 e. The molecule has 0 atom stereocenters. The Kier molecular flexibility index (Phi) is 5.00. The summed E-state index contributed by atoms with van der Waals surface area (Å²) in [5.41, 5.74) is 0. The zero-order chi connectivity index (χ0) is 10.4. The Morgan fingerprint density at radius 1 is 1.43 bits per heavy atom. The van der Waals surface area contributed by atoms with Gasteiger partial charge in [0, 0.05) is 24.9 Å². The van der Waals surface area contributed by atoms with Crippen molar-refractivity contribution in [3.05, 3.63) is 22.5 Å². The fraction of sp³-hybridized carbons (Fsp3) is 0.556. The van der Waals surface area contributed by atoms with E-state index in [2.05, 4.69) is 15.9 Å². The first-order valence-corrected chi connectivity index (χ1v) is 4.98. The van der Waals surface area contributed by atoms with E-state index < -0.39 is 0 Å². The summed E-state index contributed by atoms with van der Waals surface area (Å²) in [4.78, 5) is 2.00. The van der Waals surface area contributed by atoms with Crippen LogP contribution in [0.5, 0.6) is 0 Å². The lowest BCUT2D eigenvalue weighted by Gasteiger charge is -2.24. The van der Waals surface area contributed by atoms with Crippen LogP contribution in [0.2, 0.25) is 0 Å². The molecule has 0 saturated heterocycles. The highest BCUT2D eigenvalue weighted by atomic mass is 79.9. The molecular weight excluding hydrogens is 250 g/mol. The summed E-state index contributed by atoms with van der Waals surface area (Å²) in [7, 11) is 3.26. The molecule has 14 heavy (non-hydrogen) atoms. The fourth-order valence-corrected chi connectivity index (χ4v) is 1.67. The van der Waals surface area contributed by atoms with E-state index in [1.807, 2.05) is 17.2 Å². The lowest BCUT2D eigenvalue weighted by atomic mass is 10.3. The zero-order valence-electron chi connectivity index (χ0n) is 8.33. The van der Waals surface area contributed by atoms with Crippen molar-refractivity contribution in [3.63, 3.8) is 0 Å². The molecule has 0 aromatic heterocycles. The Morgan fingerprint density at radius 2 is 2.21 bits per heavy atom. The summed E-state index contributed by atoms with van der Waals surface area (Å²) in [5.74, 6) is 0.860. The van der Waals surface area contributed by atoms with Crippen LogP contribution in [0, 0.1) is 0 Å². The number of hydrogen-bond acceptors (Lipinski definition) is 4. The van der Waals surface area contributed by atoms with Crippen molar-refractivity contribution in [1.29, 1.82) is 0 Å². The van der Waals surface area contributed by atoms with Crippen molar-refractivity contribution in [3.8, 4) is 0 Å². The molecule has 0 fully saturated rings. The normalized spacial score (nSPS) is 16.4. The van der Waals surface area contributed by atoms with Crippen LogP contribution < -0.4 is 0 Å². The number of ether oxygens (including phenoxy) is 3. The van der Waals surface area contributed by atoms with Crippen molar-refractivity contribution in [2.45, 2.75) is 0 Å². The van der Waals surface area contributed by atoms with Crippen LogP contribution in [-0.2, 0) is 14.2 Å². The number of nitrogens with zero attached hydrogens (tertiary/aromatic N) is 1. The minimum atomic E-state index is 0.271. The van der Waals surface area contributed by atoms with E-state index in [0.717, 1.165) is 10.2 Å². The topological polar surface area (TPSA) is 30.9 Å². The average molecular weight is 264 g/mol. The van der Waals surface area contributed by atoms with Gasteiger partial charge in [-0.2, -0.15) is 0 Å². The maximum Gasteiger partial charge on any atom is 0.188 e. The van der Waals surface area contributed by atoms with Gasteiger partial charge in [0.25, 0.3) is 0 Å². The maximum absolute atomic E-state index is 5.35. The Hall–Kier alpha value is -0.520. The first kappa shape index (κ1) is 11.6. The summed E-state index contributed by atoms with van der Waals surface area (Å²) in [5, 5.41) is 0. The van der Waals surface area contributed by atoms with E-state index in [4.69, 9.17) is 14.2 Å². The van der Waals surface area contributed by atoms with Crippen LogP contribution >= 0.6 is 15.9 Å². The molecule has 0 spiro atoms. The molecule has 0 aliphatic carbocycles. The van der Waals surface area contributed by atoms with Gasteiger partial charge in [-0.3, -0.25) is 0 Å². The molecule has 0 N–H and O–H groups in total. The summed E-state index contributed by atoms with van der Waals surface area (Å²) < 4.78 is 16.2. The summed E-state index contributed by atoms with van der Waals surface area (Å²) >= 11 is 3.40. The van der Waals surface area contributed by atoms with Gasteiger partial charge < -0.3 is 19.1 Å². The SMILES string of the molecule is COCOC1=CC(Br)=CN(COC)C1. The van der Waals surface area contributed by atoms with Crippen LogP contribution in [0.25, 0.3) is 0 Å². The van der Waals surface area contributed by atoms with Crippen LogP contribution in [-0.4, -0.2) is 39.2 Å². The van der Waals surface area contributed by atoms with Crippen LogP contribution in [0.3, 0.4) is 0 Å². The predicted octanol–water partition coefficient (Wildman–Crippen LogP) is 1.65. The van der Waals surface area contributed by atoms with E-state index in [1.165, 1.54) is 0 Å². The number of methoxy groups -OCH3 is 2. The van der Waals surface area contributed by atoms with Gasteiger partial charge in [0.15, 0.2) is 6.79 Å². The lowest BCUT2D eigenvalue weighted by Crippen LogP contribution is -2.26. The van der Waals surface area contributed by atoms with Gasteiger partial charge in [0.2, 0.25) is 0 Å². The molecule has 1 rings (SSSR count). The molecule has 0 amide bonds. The summed E-state index contributed by atoms with van der Waals surface area (Å²) in [6.45, 7) is 1.52. The van der Waals surface area contributed by atoms with Crippen molar-refractivity contribution >= 4 is 15.9 Å². The Balaban J connectivity index is 2.48. The zero-order valence-corrected chi connectivity index (χ0v) is 9.91. The van der Waals surface area contributed by atoms with Crippen LogP contribution in [0.15, 0.2) is 22.5 Å². The highest BCUT2D eigenvalue weighted by Crippen LogP contribution is 2.18. The van der Waals surface area contributed by atoms with Gasteiger partial charge in [-0.1, -0.05) is 0 Å². The molecule has 0 aromatic carbocycles. The third kappa shape index (κ3) is 3.69. The number of allylic oxidation sites excluding steroid dienone is 2. The van der Waals surface area contributed by atoms with Gasteiger partial charge in [-0.05, 0) is 22.0 Å². The minimum absolute atomic E-state index is 0.271. The molecule has 4 nitrogen and oxygen atoms in total. The van der Waals surface area contributed by atoms with Crippen LogP contribution in [0.1, 0.15) is 0 Å². The average Bonchev–Trinajstić information content (AvgIpc) is 2.14. The molecule has 1 aliphatic rings. The first-order chi connectivity index (χ1) is 6.76. The standard InChI is InChI=1S/C9H14BrNO3/c1-12-6-11-4-8(10)3-9(5-11)14-7-13-2/h3-4H,5-7H2,1-2H3. The van der Waals surface area contributed by atoms with Crippen molar-refractivity contribution in [2.75, 3.05) is 34.3 Å².